The van der Waals surface area contributed by atoms with E-state index < -0.39 is 20.1 Å². The summed E-state index contributed by atoms with van der Waals surface area (Å²) >= 11 is 0. The van der Waals surface area contributed by atoms with E-state index in [4.69, 9.17) is 0 Å². The van der Waals surface area contributed by atoms with E-state index >= 15 is 0 Å². The van der Waals surface area contributed by atoms with Gasteiger partial charge in [-0.1, -0.05) is 143 Å². The molecule has 0 aliphatic heterocycles. The lowest BCUT2D eigenvalue weighted by molar-refractivity contribution is 0.288. The lowest BCUT2D eigenvalue weighted by Crippen LogP contribution is -2.29. The van der Waals surface area contributed by atoms with Crippen LogP contribution in [-0.4, -0.2) is 24.5 Å². The molecule has 0 saturated carbocycles. The molecular formula is C27H58O6P2. The predicted octanol–water partition coefficient (Wildman–Crippen LogP) is 9.15. The fourth-order valence-corrected chi connectivity index (χ4v) is 8.08. The van der Waals surface area contributed by atoms with Gasteiger partial charge in [-0.25, -0.2) is 0 Å². The highest BCUT2D eigenvalue weighted by Crippen LogP contribution is 2.73. The zero-order valence-electron chi connectivity index (χ0n) is 23.3. The molecule has 0 unspecified atom stereocenters. The van der Waals surface area contributed by atoms with Crippen LogP contribution in [0.1, 0.15) is 156 Å². The molecule has 0 aromatic carbocycles. The highest BCUT2D eigenvalue weighted by molar-refractivity contribution is 7.72. The second kappa shape index (κ2) is 19.4. The summed E-state index contributed by atoms with van der Waals surface area (Å²) in [5, 5.41) is 0. The molecule has 0 heterocycles. The van der Waals surface area contributed by atoms with Gasteiger partial charge in [0.2, 0.25) is 0 Å². The molecule has 35 heavy (non-hydrogen) atoms. The van der Waals surface area contributed by atoms with Crippen molar-refractivity contribution in [3.63, 3.8) is 0 Å². The van der Waals surface area contributed by atoms with Crippen LogP contribution in [0.2, 0.25) is 0 Å². The van der Waals surface area contributed by atoms with Crippen molar-refractivity contribution in [3.8, 4) is 0 Å². The molecule has 0 aromatic heterocycles. The maximum Gasteiger partial charge on any atom is 0.343 e. The monoisotopic (exact) mass is 540 g/mol. The third kappa shape index (κ3) is 16.7. The van der Waals surface area contributed by atoms with Crippen LogP contribution in [0.15, 0.2) is 0 Å². The summed E-state index contributed by atoms with van der Waals surface area (Å²) in [4.78, 5) is 37.8. The summed E-state index contributed by atoms with van der Waals surface area (Å²) in [5.74, 6) is 1.51. The van der Waals surface area contributed by atoms with Crippen molar-refractivity contribution < 1.29 is 28.7 Å². The maximum absolute atomic E-state index is 12.3. The summed E-state index contributed by atoms with van der Waals surface area (Å²) in [7, 11) is -9.91. The van der Waals surface area contributed by atoms with E-state index in [9.17, 15) is 28.7 Å². The lowest BCUT2D eigenvalue weighted by atomic mass is 10.0. The average Bonchev–Trinajstić information content (AvgIpc) is 2.72. The van der Waals surface area contributed by atoms with Crippen molar-refractivity contribution >= 4 is 15.2 Å². The van der Waals surface area contributed by atoms with E-state index in [1.54, 1.807) is 0 Å². The molecule has 0 aliphatic rings. The van der Waals surface area contributed by atoms with E-state index in [1.165, 1.54) is 51.4 Å². The van der Waals surface area contributed by atoms with Crippen LogP contribution in [0.4, 0.5) is 0 Å². The Hall–Kier alpha value is 0.300. The van der Waals surface area contributed by atoms with Gasteiger partial charge in [-0.05, 0) is 24.7 Å². The lowest BCUT2D eigenvalue weighted by Gasteiger charge is -2.35. The van der Waals surface area contributed by atoms with E-state index in [2.05, 4.69) is 27.7 Å². The van der Waals surface area contributed by atoms with Crippen LogP contribution in [0, 0.1) is 11.8 Å². The van der Waals surface area contributed by atoms with E-state index in [1.807, 2.05) is 0 Å². The van der Waals surface area contributed by atoms with Crippen LogP contribution in [0.5, 0.6) is 0 Å². The molecule has 0 fully saturated rings. The van der Waals surface area contributed by atoms with Crippen molar-refractivity contribution in [2.75, 3.05) is 0 Å². The smallest absolute Gasteiger partial charge is 0.324 e. The Balaban J connectivity index is 4.36. The van der Waals surface area contributed by atoms with Crippen molar-refractivity contribution in [1.82, 2.24) is 0 Å². The minimum absolute atomic E-state index is 0.105. The zero-order valence-corrected chi connectivity index (χ0v) is 25.1. The van der Waals surface area contributed by atoms with Gasteiger partial charge in [0.15, 0.2) is 4.90 Å². The second-order valence-electron chi connectivity index (χ2n) is 11.6. The molecule has 0 aliphatic carbocycles. The van der Waals surface area contributed by atoms with Crippen LogP contribution in [0.3, 0.4) is 0 Å². The van der Waals surface area contributed by atoms with Crippen molar-refractivity contribution in [2.24, 2.45) is 11.8 Å². The van der Waals surface area contributed by atoms with Crippen molar-refractivity contribution in [1.29, 1.82) is 0 Å². The highest BCUT2D eigenvalue weighted by Gasteiger charge is 2.58. The fourth-order valence-electron chi connectivity index (χ4n) is 4.92. The number of hydrogen-bond acceptors (Lipinski definition) is 2. The summed E-state index contributed by atoms with van der Waals surface area (Å²) in [6, 6.07) is 0. The standard InChI is InChI=1S/C27H58O6P2/c1-25(2)21-17-13-9-5-7-11-15-19-23-27(34(28,29)30,35(31,32)33)24-20-16-12-8-6-10-14-18-22-26(3)4/h25-26H,5-24H2,1-4H3,(H2,28,29,30)(H2,31,32,33). The Morgan fingerprint density at radius 1 is 0.457 bits per heavy atom. The molecule has 0 radical (unpaired) electrons. The Bertz CT molecular complexity index is 544. The first-order chi connectivity index (χ1) is 16.3. The Labute approximate surface area is 216 Å². The summed E-state index contributed by atoms with van der Waals surface area (Å²) in [5.41, 5.74) is 0. The Kier molecular flexibility index (Phi) is 19.5. The average molecular weight is 541 g/mol. The third-order valence-corrected chi connectivity index (χ3v) is 11.9. The van der Waals surface area contributed by atoms with Crippen LogP contribution >= 0.6 is 15.2 Å². The van der Waals surface area contributed by atoms with Crippen molar-refractivity contribution in [2.45, 2.75) is 161 Å². The molecule has 4 N–H and O–H groups in total. The second-order valence-corrected chi connectivity index (χ2v) is 15.8. The summed E-state index contributed by atoms with van der Waals surface area (Å²) in [6.45, 7) is 8.97. The van der Waals surface area contributed by atoms with Crippen LogP contribution < -0.4 is 0 Å². The van der Waals surface area contributed by atoms with E-state index in [0.29, 0.717) is 12.8 Å². The number of hydrogen-bond donors (Lipinski definition) is 4. The SMILES string of the molecule is CC(C)CCCCCCCCCCC(CCCCCCCCCCC(C)C)(P(=O)(O)O)P(=O)(O)O. The van der Waals surface area contributed by atoms with Gasteiger partial charge in [0, 0.05) is 0 Å². The van der Waals surface area contributed by atoms with Gasteiger partial charge in [0.05, 0.1) is 0 Å². The van der Waals surface area contributed by atoms with Gasteiger partial charge in [0.1, 0.15) is 0 Å². The van der Waals surface area contributed by atoms with E-state index in [0.717, 1.165) is 63.2 Å². The summed E-state index contributed by atoms with van der Waals surface area (Å²) < 4.78 is 24.7. The highest BCUT2D eigenvalue weighted by atomic mass is 31.2. The predicted molar refractivity (Wildman–Crippen MR) is 149 cm³/mol. The number of rotatable bonds is 24. The largest absolute Gasteiger partial charge is 0.343 e. The molecule has 0 saturated heterocycles. The first-order valence-electron chi connectivity index (χ1n) is 14.4. The molecule has 0 aromatic rings. The molecule has 0 bridgehead atoms. The Morgan fingerprint density at radius 3 is 0.914 bits per heavy atom. The van der Waals surface area contributed by atoms with Gasteiger partial charge < -0.3 is 19.6 Å². The first-order valence-corrected chi connectivity index (χ1v) is 17.7. The van der Waals surface area contributed by atoms with Gasteiger partial charge >= 0.3 is 15.2 Å². The Morgan fingerprint density at radius 2 is 0.686 bits per heavy atom. The zero-order chi connectivity index (χ0) is 26.8. The van der Waals surface area contributed by atoms with E-state index in [-0.39, 0.29) is 12.8 Å². The molecular weight excluding hydrogens is 482 g/mol. The number of unbranched alkanes of at least 4 members (excludes halogenated alkanes) is 14. The topological polar surface area (TPSA) is 115 Å². The van der Waals surface area contributed by atoms with Gasteiger partial charge in [-0.2, -0.15) is 0 Å². The molecule has 8 heteroatoms. The van der Waals surface area contributed by atoms with Crippen LogP contribution in [-0.2, 0) is 9.13 Å². The molecule has 0 spiro atoms. The molecule has 0 amide bonds. The van der Waals surface area contributed by atoms with Gasteiger partial charge in [-0.3, -0.25) is 9.13 Å². The summed E-state index contributed by atoms with van der Waals surface area (Å²) in [6.07, 6.45) is 18.5. The third-order valence-electron chi connectivity index (χ3n) is 7.30. The molecule has 6 nitrogen and oxygen atoms in total. The fraction of sp³-hybridized carbons (Fsp3) is 1.00. The van der Waals surface area contributed by atoms with Gasteiger partial charge in [0.25, 0.3) is 0 Å². The minimum Gasteiger partial charge on any atom is -0.324 e. The van der Waals surface area contributed by atoms with Gasteiger partial charge in [-0.15, -0.1) is 0 Å². The molecule has 0 atom stereocenters. The normalized spacial score (nSPS) is 13.3. The first kappa shape index (κ1) is 35.3. The van der Waals surface area contributed by atoms with Crippen LogP contribution in [0.25, 0.3) is 0 Å². The minimum atomic E-state index is -4.96. The quantitative estimate of drug-likeness (QED) is 0.0716. The van der Waals surface area contributed by atoms with Crippen molar-refractivity contribution in [3.05, 3.63) is 0 Å². The maximum atomic E-state index is 12.3. The molecule has 212 valence electrons. The molecule has 0 rings (SSSR count).